The number of aliphatic carboxylic acids is 1. The Morgan fingerprint density at radius 2 is 1.95 bits per heavy atom. The molecular formula is C14H15NO6. The first-order valence-electron chi connectivity index (χ1n) is 6.31. The van der Waals surface area contributed by atoms with Crippen molar-refractivity contribution in [2.24, 2.45) is 0 Å². The third-order valence-electron chi connectivity index (χ3n) is 3.31. The SMILES string of the molecule is CC(C(=O)c1ccc2c(c1)OCO2)N(C)C(=O)CC(=O)O. The predicted octanol–water partition coefficient (Wildman–Crippen LogP) is 0.920. The van der Waals surface area contributed by atoms with Crippen molar-refractivity contribution in [1.29, 1.82) is 0 Å². The molecule has 0 radical (unpaired) electrons. The zero-order valence-corrected chi connectivity index (χ0v) is 11.7. The van der Waals surface area contributed by atoms with E-state index in [0.717, 1.165) is 4.90 Å². The molecule has 1 heterocycles. The third kappa shape index (κ3) is 3.13. The van der Waals surface area contributed by atoms with E-state index in [1.165, 1.54) is 7.05 Å². The highest BCUT2D eigenvalue weighted by molar-refractivity contribution is 6.03. The highest BCUT2D eigenvalue weighted by Gasteiger charge is 2.26. The summed E-state index contributed by atoms with van der Waals surface area (Å²) in [5, 5.41) is 8.61. The molecule has 0 aromatic heterocycles. The molecule has 0 saturated carbocycles. The number of carboxylic acids is 1. The molecule has 0 bridgehead atoms. The monoisotopic (exact) mass is 293 g/mol. The van der Waals surface area contributed by atoms with Crippen LogP contribution in [0, 0.1) is 0 Å². The van der Waals surface area contributed by atoms with Gasteiger partial charge in [0.25, 0.3) is 0 Å². The number of ether oxygens (including phenoxy) is 2. The number of Topliss-reactive ketones (excluding diaryl/α,β-unsaturated/α-hetero) is 1. The number of carbonyl (C=O) groups excluding carboxylic acids is 2. The summed E-state index contributed by atoms with van der Waals surface area (Å²) in [4.78, 5) is 35.7. The smallest absolute Gasteiger partial charge is 0.312 e. The lowest BCUT2D eigenvalue weighted by atomic mass is 10.0. The number of amides is 1. The lowest BCUT2D eigenvalue weighted by Crippen LogP contribution is -2.41. The Morgan fingerprint density at radius 1 is 1.29 bits per heavy atom. The molecule has 1 N–H and O–H groups in total. The van der Waals surface area contributed by atoms with E-state index in [9.17, 15) is 14.4 Å². The third-order valence-corrected chi connectivity index (χ3v) is 3.31. The first-order chi connectivity index (χ1) is 9.90. The molecule has 1 unspecified atom stereocenters. The number of ketones is 1. The van der Waals surface area contributed by atoms with E-state index >= 15 is 0 Å². The minimum atomic E-state index is -1.23. The molecule has 112 valence electrons. The van der Waals surface area contributed by atoms with E-state index in [-0.39, 0.29) is 12.6 Å². The molecule has 1 aromatic rings. The van der Waals surface area contributed by atoms with E-state index < -0.39 is 24.3 Å². The van der Waals surface area contributed by atoms with Crippen LogP contribution < -0.4 is 9.47 Å². The fourth-order valence-electron chi connectivity index (χ4n) is 1.94. The molecule has 0 aliphatic carbocycles. The van der Waals surface area contributed by atoms with Crippen LogP contribution in [-0.4, -0.2) is 47.5 Å². The summed E-state index contributed by atoms with van der Waals surface area (Å²) in [6.45, 7) is 1.66. The molecule has 0 fully saturated rings. The Kier molecular flexibility index (Phi) is 4.11. The molecule has 0 saturated heterocycles. The number of hydrogen-bond acceptors (Lipinski definition) is 5. The second-order valence-corrected chi connectivity index (χ2v) is 4.68. The normalized spacial score (nSPS) is 13.6. The minimum Gasteiger partial charge on any atom is -0.481 e. The van der Waals surface area contributed by atoms with Gasteiger partial charge < -0.3 is 19.5 Å². The Bertz CT molecular complexity index is 597. The highest BCUT2D eigenvalue weighted by Crippen LogP contribution is 2.32. The molecule has 1 atom stereocenters. The number of benzene rings is 1. The van der Waals surface area contributed by atoms with Crippen LogP contribution in [-0.2, 0) is 9.59 Å². The van der Waals surface area contributed by atoms with E-state index in [4.69, 9.17) is 14.6 Å². The predicted molar refractivity (Wildman–Crippen MR) is 71.4 cm³/mol. The number of carboxylic acid groups (broad SMARTS) is 1. The number of hydrogen-bond donors (Lipinski definition) is 1. The highest BCUT2D eigenvalue weighted by atomic mass is 16.7. The topological polar surface area (TPSA) is 93.1 Å². The van der Waals surface area contributed by atoms with Gasteiger partial charge in [0.05, 0.1) is 6.04 Å². The van der Waals surface area contributed by atoms with Crippen molar-refractivity contribution in [3.8, 4) is 11.5 Å². The van der Waals surface area contributed by atoms with Crippen LogP contribution >= 0.6 is 0 Å². The van der Waals surface area contributed by atoms with Crippen LogP contribution in [0.15, 0.2) is 18.2 Å². The molecule has 7 heteroatoms. The second kappa shape index (κ2) is 5.82. The van der Waals surface area contributed by atoms with Crippen LogP contribution in [0.3, 0.4) is 0 Å². The minimum absolute atomic E-state index is 0.111. The largest absolute Gasteiger partial charge is 0.481 e. The summed E-state index contributed by atoms with van der Waals surface area (Å²) in [6.07, 6.45) is -0.644. The fraction of sp³-hybridized carbons (Fsp3) is 0.357. The van der Waals surface area contributed by atoms with E-state index in [2.05, 4.69) is 0 Å². The Morgan fingerprint density at radius 3 is 2.62 bits per heavy atom. The van der Waals surface area contributed by atoms with E-state index in [1.54, 1.807) is 25.1 Å². The van der Waals surface area contributed by atoms with Crippen molar-refractivity contribution in [2.45, 2.75) is 19.4 Å². The van der Waals surface area contributed by atoms with Gasteiger partial charge in [-0.05, 0) is 25.1 Å². The first-order valence-corrected chi connectivity index (χ1v) is 6.31. The first kappa shape index (κ1) is 14.8. The summed E-state index contributed by atoms with van der Waals surface area (Å²) >= 11 is 0. The summed E-state index contributed by atoms with van der Waals surface area (Å²) in [6, 6.07) is 4.00. The second-order valence-electron chi connectivity index (χ2n) is 4.68. The Hall–Kier alpha value is -2.57. The van der Waals surface area contributed by atoms with Crippen molar-refractivity contribution < 1.29 is 29.0 Å². The average molecular weight is 293 g/mol. The molecular weight excluding hydrogens is 278 g/mol. The summed E-state index contributed by atoms with van der Waals surface area (Å²) in [7, 11) is 1.40. The standard InChI is InChI=1S/C14H15NO6/c1-8(15(2)12(16)6-13(17)18)14(19)9-3-4-10-11(5-9)21-7-20-10/h3-5,8H,6-7H2,1-2H3,(H,17,18). The Balaban J connectivity index is 2.12. The van der Waals surface area contributed by atoms with Crippen molar-refractivity contribution in [2.75, 3.05) is 13.8 Å². The molecule has 1 aromatic carbocycles. The van der Waals surface area contributed by atoms with Gasteiger partial charge in [-0.25, -0.2) is 0 Å². The van der Waals surface area contributed by atoms with Gasteiger partial charge in [-0.2, -0.15) is 0 Å². The maximum atomic E-state index is 12.3. The lowest BCUT2D eigenvalue weighted by Gasteiger charge is -2.23. The van der Waals surface area contributed by atoms with Crippen LogP contribution in [0.5, 0.6) is 11.5 Å². The van der Waals surface area contributed by atoms with Crippen molar-refractivity contribution in [1.82, 2.24) is 4.90 Å². The van der Waals surface area contributed by atoms with E-state index in [1.807, 2.05) is 0 Å². The number of rotatable bonds is 5. The van der Waals surface area contributed by atoms with Gasteiger partial charge in [-0.3, -0.25) is 14.4 Å². The van der Waals surface area contributed by atoms with Crippen LogP contribution in [0.4, 0.5) is 0 Å². The van der Waals surface area contributed by atoms with Gasteiger partial charge in [0.15, 0.2) is 17.3 Å². The van der Waals surface area contributed by atoms with Gasteiger partial charge in [0.1, 0.15) is 6.42 Å². The summed E-state index contributed by atoms with van der Waals surface area (Å²) < 4.78 is 10.4. The molecule has 21 heavy (non-hydrogen) atoms. The van der Waals surface area contributed by atoms with Gasteiger partial charge >= 0.3 is 5.97 Å². The van der Waals surface area contributed by atoms with Crippen molar-refractivity contribution in [3.63, 3.8) is 0 Å². The van der Waals surface area contributed by atoms with Crippen molar-refractivity contribution >= 4 is 17.7 Å². The Labute approximate surface area is 121 Å². The quantitative estimate of drug-likeness (QED) is 0.641. The molecule has 1 aliphatic heterocycles. The van der Waals surface area contributed by atoms with Crippen LogP contribution in [0.25, 0.3) is 0 Å². The molecule has 0 spiro atoms. The maximum Gasteiger partial charge on any atom is 0.312 e. The number of likely N-dealkylation sites (N-methyl/N-ethyl adjacent to an activating group) is 1. The molecule has 2 rings (SSSR count). The van der Waals surface area contributed by atoms with Crippen molar-refractivity contribution in [3.05, 3.63) is 23.8 Å². The van der Waals surface area contributed by atoms with Gasteiger partial charge in [0.2, 0.25) is 12.7 Å². The van der Waals surface area contributed by atoms with Gasteiger partial charge in [-0.15, -0.1) is 0 Å². The molecule has 1 amide bonds. The average Bonchev–Trinajstić information content (AvgIpc) is 2.91. The fourth-order valence-corrected chi connectivity index (χ4v) is 1.94. The molecule has 7 nitrogen and oxygen atoms in total. The van der Waals surface area contributed by atoms with Crippen LogP contribution in [0.1, 0.15) is 23.7 Å². The van der Waals surface area contributed by atoms with Gasteiger partial charge in [-0.1, -0.05) is 0 Å². The number of carbonyl (C=O) groups is 3. The number of nitrogens with zero attached hydrogens (tertiary/aromatic N) is 1. The van der Waals surface area contributed by atoms with Gasteiger partial charge in [0, 0.05) is 12.6 Å². The zero-order chi connectivity index (χ0) is 15.6. The van der Waals surface area contributed by atoms with Crippen LogP contribution in [0.2, 0.25) is 0 Å². The summed E-state index contributed by atoms with van der Waals surface area (Å²) in [5.74, 6) is -1.10. The molecule has 1 aliphatic rings. The lowest BCUT2D eigenvalue weighted by molar-refractivity contribution is -0.144. The number of fused-ring (bicyclic) bond motifs is 1. The zero-order valence-electron chi connectivity index (χ0n) is 11.7. The summed E-state index contributed by atoms with van der Waals surface area (Å²) in [5.41, 5.74) is 0.377. The van der Waals surface area contributed by atoms with E-state index in [0.29, 0.717) is 17.1 Å². The maximum absolute atomic E-state index is 12.3.